The van der Waals surface area contributed by atoms with Gasteiger partial charge in [-0.2, -0.15) is 0 Å². The van der Waals surface area contributed by atoms with Crippen molar-refractivity contribution in [3.63, 3.8) is 0 Å². The van der Waals surface area contributed by atoms with E-state index in [1.807, 2.05) is 17.0 Å². The van der Waals surface area contributed by atoms with Gasteiger partial charge in [0.1, 0.15) is 19.8 Å². The lowest BCUT2D eigenvalue weighted by Gasteiger charge is -2.53. The Hall–Kier alpha value is -1.56. The Labute approximate surface area is 189 Å². The third-order valence-corrected chi connectivity index (χ3v) is 8.24. The first-order valence-corrected chi connectivity index (χ1v) is 12.1. The number of nitrogens with one attached hydrogen (secondary N) is 1. The standard InChI is InChI=1S/C23H30BF3N3OP/c1-21(24)11-30(12-21)20(31)22(9-14(25)10-22)15-2-3-16-18(19(15)32)29-17(28-16)8-13-4-6-23(26,27)7-5-13/h2-3,13-14H,4-12,24,32H2,1H3,(H,28,29). The summed E-state index contributed by atoms with van der Waals surface area (Å²) in [5, 5.41) is 0.948. The molecule has 3 fully saturated rings. The Balaban J connectivity index is 1.41. The molecule has 1 unspecified atom stereocenters. The van der Waals surface area contributed by atoms with Crippen LogP contribution in [0.4, 0.5) is 13.2 Å². The summed E-state index contributed by atoms with van der Waals surface area (Å²) in [7, 11) is 4.85. The smallest absolute Gasteiger partial charge is 0.248 e. The minimum Gasteiger partial charge on any atom is -0.342 e. The summed E-state index contributed by atoms with van der Waals surface area (Å²) in [5.41, 5.74) is 1.64. The van der Waals surface area contributed by atoms with Crippen LogP contribution in [0.3, 0.4) is 0 Å². The first-order chi connectivity index (χ1) is 15.0. The Morgan fingerprint density at radius 3 is 2.53 bits per heavy atom. The molecule has 1 atom stereocenters. The molecule has 0 spiro atoms. The summed E-state index contributed by atoms with van der Waals surface area (Å²) < 4.78 is 41.0. The fourth-order valence-corrected chi connectivity index (χ4v) is 6.47. The Bertz CT molecular complexity index is 1050. The first-order valence-electron chi connectivity index (χ1n) is 11.6. The van der Waals surface area contributed by atoms with E-state index in [9.17, 15) is 18.0 Å². The maximum atomic E-state index is 14.1. The fraction of sp³-hybridized carbons (Fsp3) is 0.652. The molecule has 1 amide bonds. The van der Waals surface area contributed by atoms with Crippen molar-refractivity contribution in [3.05, 3.63) is 23.5 Å². The molecule has 1 saturated heterocycles. The molecule has 172 valence electrons. The van der Waals surface area contributed by atoms with Gasteiger partial charge >= 0.3 is 0 Å². The molecule has 32 heavy (non-hydrogen) atoms. The van der Waals surface area contributed by atoms with E-state index in [0.717, 1.165) is 27.7 Å². The normalized spacial score (nSPS) is 29.5. The van der Waals surface area contributed by atoms with Crippen molar-refractivity contribution in [2.24, 2.45) is 5.92 Å². The molecule has 1 N–H and O–H groups in total. The molecular weight excluding hydrogens is 433 g/mol. The van der Waals surface area contributed by atoms with Gasteiger partial charge in [-0.1, -0.05) is 13.0 Å². The predicted octanol–water partition coefficient (Wildman–Crippen LogP) is 3.45. The SMILES string of the molecule is BC1(C)CN(C(=O)C2(c3ccc4[nH]c(CC5CCC(F)(F)CC5)nc4c3P)CC(F)C2)C1. The highest BCUT2D eigenvalue weighted by Crippen LogP contribution is 2.49. The second-order valence-electron chi connectivity index (χ2n) is 11.0. The highest BCUT2D eigenvalue weighted by Gasteiger charge is 2.56. The summed E-state index contributed by atoms with van der Waals surface area (Å²) in [6, 6.07) is 3.85. The molecule has 2 saturated carbocycles. The number of aromatic nitrogens is 2. The molecule has 1 aliphatic heterocycles. The number of imidazole rings is 1. The maximum Gasteiger partial charge on any atom is 0.248 e. The number of rotatable bonds is 4. The minimum atomic E-state index is -2.53. The largest absolute Gasteiger partial charge is 0.342 e. The van der Waals surface area contributed by atoms with Crippen LogP contribution in [0, 0.1) is 5.92 Å². The lowest BCUT2D eigenvalue weighted by Crippen LogP contribution is -2.63. The quantitative estimate of drug-likeness (QED) is 0.558. The van der Waals surface area contributed by atoms with Gasteiger partial charge in [-0.15, -0.1) is 9.24 Å². The Kier molecular flexibility index (Phi) is 5.20. The average Bonchev–Trinajstić information content (AvgIpc) is 3.09. The summed E-state index contributed by atoms with van der Waals surface area (Å²) in [4.78, 5) is 23.4. The number of carbonyl (C=O) groups excluding carboxylic acids is 1. The topological polar surface area (TPSA) is 49.0 Å². The van der Waals surface area contributed by atoms with Gasteiger partial charge in [0.2, 0.25) is 11.8 Å². The Morgan fingerprint density at radius 1 is 1.28 bits per heavy atom. The average molecular weight is 463 g/mol. The highest BCUT2D eigenvalue weighted by atomic mass is 31.0. The van der Waals surface area contributed by atoms with Crippen LogP contribution in [0.5, 0.6) is 0 Å². The number of H-pyrrole nitrogens is 1. The second-order valence-corrected chi connectivity index (χ2v) is 11.6. The van der Waals surface area contributed by atoms with Crippen LogP contribution < -0.4 is 5.30 Å². The summed E-state index contributed by atoms with van der Waals surface area (Å²) >= 11 is 0. The van der Waals surface area contributed by atoms with Gasteiger partial charge in [0, 0.05) is 37.7 Å². The van der Waals surface area contributed by atoms with E-state index >= 15 is 0 Å². The van der Waals surface area contributed by atoms with Gasteiger partial charge < -0.3 is 9.88 Å². The lowest BCUT2D eigenvalue weighted by atomic mass is 9.59. The van der Waals surface area contributed by atoms with Crippen molar-refractivity contribution in [2.45, 2.75) is 74.7 Å². The number of benzene rings is 1. The van der Waals surface area contributed by atoms with Gasteiger partial charge in [-0.25, -0.2) is 18.2 Å². The van der Waals surface area contributed by atoms with Crippen molar-refractivity contribution in [2.75, 3.05) is 13.1 Å². The third kappa shape index (κ3) is 3.76. The van der Waals surface area contributed by atoms with E-state index in [2.05, 4.69) is 29.0 Å². The molecular formula is C23H30BF3N3OP. The number of fused-ring (bicyclic) bond motifs is 1. The van der Waals surface area contributed by atoms with E-state index in [0.29, 0.717) is 32.4 Å². The summed E-state index contributed by atoms with van der Waals surface area (Å²) in [6.45, 7) is 3.53. The summed E-state index contributed by atoms with van der Waals surface area (Å²) in [6.07, 6.45) is 0.997. The zero-order chi connectivity index (χ0) is 22.9. The monoisotopic (exact) mass is 463 g/mol. The second kappa shape index (κ2) is 7.48. The van der Waals surface area contributed by atoms with Gasteiger partial charge in [0.15, 0.2) is 0 Å². The van der Waals surface area contributed by atoms with Crippen LogP contribution in [0.1, 0.15) is 56.8 Å². The van der Waals surface area contributed by atoms with Crippen LogP contribution in [0.25, 0.3) is 11.0 Å². The molecule has 1 aromatic carbocycles. The number of amides is 1. The van der Waals surface area contributed by atoms with Crippen LogP contribution in [-0.4, -0.2) is 53.8 Å². The van der Waals surface area contributed by atoms with Crippen molar-refractivity contribution < 1.29 is 18.0 Å². The van der Waals surface area contributed by atoms with Crippen molar-refractivity contribution >= 4 is 39.3 Å². The minimum absolute atomic E-state index is 0.0210. The number of nitrogens with zero attached hydrogens (tertiary/aromatic N) is 2. The van der Waals surface area contributed by atoms with E-state index in [4.69, 9.17) is 4.98 Å². The molecule has 2 aromatic rings. The molecule has 0 radical (unpaired) electrons. The number of halogens is 3. The number of aromatic amines is 1. The zero-order valence-electron chi connectivity index (χ0n) is 18.7. The predicted molar refractivity (Wildman–Crippen MR) is 125 cm³/mol. The van der Waals surface area contributed by atoms with Crippen molar-refractivity contribution in [1.82, 2.24) is 14.9 Å². The van der Waals surface area contributed by atoms with Crippen LogP contribution in [-0.2, 0) is 16.6 Å². The maximum absolute atomic E-state index is 14.1. The lowest BCUT2D eigenvalue weighted by molar-refractivity contribution is -0.149. The first kappa shape index (κ1) is 22.2. The number of carbonyl (C=O) groups is 1. The van der Waals surface area contributed by atoms with E-state index in [-0.39, 0.29) is 42.8 Å². The van der Waals surface area contributed by atoms with Crippen LogP contribution >= 0.6 is 9.24 Å². The molecule has 9 heteroatoms. The zero-order valence-corrected chi connectivity index (χ0v) is 19.8. The van der Waals surface area contributed by atoms with E-state index in [1.54, 1.807) is 0 Å². The number of alkyl halides is 3. The molecule has 2 heterocycles. The van der Waals surface area contributed by atoms with Crippen molar-refractivity contribution in [3.8, 4) is 0 Å². The number of likely N-dealkylation sites (tertiary alicyclic amines) is 1. The molecule has 1 aromatic heterocycles. The van der Waals surface area contributed by atoms with Crippen molar-refractivity contribution in [1.29, 1.82) is 0 Å². The molecule has 4 nitrogen and oxygen atoms in total. The van der Waals surface area contributed by atoms with Gasteiger partial charge in [0.05, 0.1) is 16.4 Å². The fourth-order valence-electron chi connectivity index (χ4n) is 5.88. The van der Waals surface area contributed by atoms with E-state index in [1.165, 1.54) is 0 Å². The highest BCUT2D eigenvalue weighted by molar-refractivity contribution is 7.28. The van der Waals surface area contributed by atoms with Gasteiger partial charge in [-0.3, -0.25) is 4.79 Å². The number of hydrogen-bond donors (Lipinski definition) is 1. The Morgan fingerprint density at radius 2 is 1.94 bits per heavy atom. The van der Waals surface area contributed by atoms with Gasteiger partial charge in [-0.05, 0) is 48.5 Å². The van der Waals surface area contributed by atoms with Crippen LogP contribution in [0.15, 0.2) is 12.1 Å². The molecule has 5 rings (SSSR count). The molecule has 0 bridgehead atoms. The summed E-state index contributed by atoms with van der Waals surface area (Å²) in [5.74, 6) is -1.52. The van der Waals surface area contributed by atoms with Gasteiger partial charge in [0.25, 0.3) is 0 Å². The third-order valence-electron chi connectivity index (χ3n) is 7.65. The molecule has 3 aliphatic rings. The van der Waals surface area contributed by atoms with Crippen LogP contribution in [0.2, 0.25) is 5.31 Å². The van der Waals surface area contributed by atoms with E-state index < -0.39 is 17.5 Å². The molecule has 2 aliphatic carbocycles. The number of hydrogen-bond acceptors (Lipinski definition) is 2.